The number of benzene rings is 1. The number of amides is 1. The summed E-state index contributed by atoms with van der Waals surface area (Å²) in [4.78, 5) is 23.0. The monoisotopic (exact) mass is 277 g/mol. The predicted octanol–water partition coefficient (Wildman–Crippen LogP) is 2.67. The molecule has 0 spiro atoms. The predicted molar refractivity (Wildman–Crippen MR) is 74.8 cm³/mol. The van der Waals surface area contributed by atoms with E-state index in [1.807, 2.05) is 13.8 Å². The second kappa shape index (κ2) is 5.53. The minimum atomic E-state index is -1.22. The number of carbonyl (C=O) groups is 2. The van der Waals surface area contributed by atoms with Gasteiger partial charge < -0.3 is 15.2 Å². The molecule has 2 N–H and O–H groups in total. The average Bonchev–Trinajstić information content (AvgIpc) is 3.22. The third-order valence-electron chi connectivity index (χ3n) is 3.62. The van der Waals surface area contributed by atoms with Crippen LogP contribution in [0.4, 0.5) is 5.69 Å². The van der Waals surface area contributed by atoms with Gasteiger partial charge >= 0.3 is 5.97 Å². The van der Waals surface area contributed by atoms with Crippen LogP contribution >= 0.6 is 0 Å². The van der Waals surface area contributed by atoms with Gasteiger partial charge in [0, 0.05) is 5.69 Å². The molecule has 5 heteroatoms. The maximum absolute atomic E-state index is 11.9. The summed E-state index contributed by atoms with van der Waals surface area (Å²) in [7, 11) is 0. The lowest BCUT2D eigenvalue weighted by Crippen LogP contribution is -2.31. The van der Waals surface area contributed by atoms with E-state index in [2.05, 4.69) is 5.32 Å². The number of anilines is 1. The van der Waals surface area contributed by atoms with Crippen LogP contribution < -0.4 is 10.1 Å². The topological polar surface area (TPSA) is 75.6 Å². The fraction of sp³-hybridized carbons (Fsp3) is 0.467. The molecular formula is C15H19NO4. The van der Waals surface area contributed by atoms with Crippen molar-refractivity contribution in [1.29, 1.82) is 0 Å². The molecule has 0 aliphatic heterocycles. The highest BCUT2D eigenvalue weighted by Crippen LogP contribution is 2.46. The fourth-order valence-corrected chi connectivity index (χ4v) is 1.85. The Bertz CT molecular complexity index is 505. The molecule has 1 atom stereocenters. The highest BCUT2D eigenvalue weighted by molar-refractivity contribution is 6.10. The third-order valence-corrected chi connectivity index (χ3v) is 3.62. The molecule has 0 radical (unpaired) electrons. The Morgan fingerprint density at radius 2 is 1.95 bits per heavy atom. The molecule has 1 aromatic carbocycles. The smallest absolute Gasteiger partial charge is 0.319 e. The summed E-state index contributed by atoms with van der Waals surface area (Å²) in [5.41, 5.74) is -0.634. The molecule has 0 heterocycles. The van der Waals surface area contributed by atoms with E-state index < -0.39 is 17.3 Å². The minimum absolute atomic E-state index is 0.136. The molecule has 20 heavy (non-hydrogen) atoms. The van der Waals surface area contributed by atoms with Gasteiger partial charge in [-0.25, -0.2) is 0 Å². The van der Waals surface area contributed by atoms with E-state index in [1.165, 1.54) is 0 Å². The summed E-state index contributed by atoms with van der Waals surface area (Å²) >= 11 is 0. The molecule has 1 aliphatic rings. The van der Waals surface area contributed by atoms with Gasteiger partial charge in [-0.15, -0.1) is 0 Å². The Labute approximate surface area is 117 Å². The van der Waals surface area contributed by atoms with Crippen molar-refractivity contribution in [2.24, 2.45) is 5.41 Å². The van der Waals surface area contributed by atoms with Crippen LogP contribution in [0.2, 0.25) is 0 Å². The standard InChI is InChI=1S/C15H19NO4/c1-3-10(2)20-12-6-4-11(5-7-12)16-13(17)15(8-9-15)14(18)19/h4-7,10H,3,8-9H2,1-2H3,(H,16,17)(H,18,19). The molecule has 1 fully saturated rings. The van der Waals surface area contributed by atoms with Crippen LogP contribution in [0.5, 0.6) is 5.75 Å². The van der Waals surface area contributed by atoms with Crippen molar-refractivity contribution < 1.29 is 19.4 Å². The van der Waals surface area contributed by atoms with E-state index >= 15 is 0 Å². The van der Waals surface area contributed by atoms with Gasteiger partial charge in [-0.2, -0.15) is 0 Å². The van der Waals surface area contributed by atoms with E-state index in [0.29, 0.717) is 18.5 Å². The Hall–Kier alpha value is -2.04. The first-order chi connectivity index (χ1) is 9.48. The molecule has 1 aromatic rings. The van der Waals surface area contributed by atoms with Gasteiger partial charge in [-0.3, -0.25) is 9.59 Å². The zero-order valence-corrected chi connectivity index (χ0v) is 11.7. The maximum atomic E-state index is 11.9. The van der Waals surface area contributed by atoms with Crippen LogP contribution in [0.3, 0.4) is 0 Å². The number of carbonyl (C=O) groups excluding carboxylic acids is 1. The third kappa shape index (κ3) is 2.92. The van der Waals surface area contributed by atoms with Crippen molar-refractivity contribution in [3.63, 3.8) is 0 Å². The highest BCUT2D eigenvalue weighted by atomic mass is 16.5. The first-order valence-corrected chi connectivity index (χ1v) is 6.79. The van der Waals surface area contributed by atoms with E-state index in [-0.39, 0.29) is 6.10 Å². The summed E-state index contributed by atoms with van der Waals surface area (Å²) in [5, 5.41) is 11.7. The van der Waals surface area contributed by atoms with Crippen LogP contribution in [0.25, 0.3) is 0 Å². The van der Waals surface area contributed by atoms with Crippen LogP contribution in [0.1, 0.15) is 33.1 Å². The zero-order valence-electron chi connectivity index (χ0n) is 11.7. The first kappa shape index (κ1) is 14.4. The van der Waals surface area contributed by atoms with Gasteiger partial charge in [-0.05, 0) is 50.5 Å². The van der Waals surface area contributed by atoms with Gasteiger partial charge in [0.15, 0.2) is 0 Å². The Morgan fingerprint density at radius 3 is 2.40 bits per heavy atom. The van der Waals surface area contributed by atoms with E-state index in [9.17, 15) is 9.59 Å². The number of hydrogen-bond acceptors (Lipinski definition) is 3. The molecule has 0 saturated heterocycles. The van der Waals surface area contributed by atoms with Crippen molar-refractivity contribution in [1.82, 2.24) is 0 Å². The number of rotatable bonds is 6. The lowest BCUT2D eigenvalue weighted by Gasteiger charge is -2.14. The maximum Gasteiger partial charge on any atom is 0.319 e. The number of carboxylic acid groups (broad SMARTS) is 1. The molecule has 108 valence electrons. The lowest BCUT2D eigenvalue weighted by molar-refractivity contribution is -0.147. The van der Waals surface area contributed by atoms with Crippen molar-refractivity contribution in [2.45, 2.75) is 39.2 Å². The number of carboxylic acids is 1. The van der Waals surface area contributed by atoms with Crippen LogP contribution in [0.15, 0.2) is 24.3 Å². The van der Waals surface area contributed by atoms with Gasteiger partial charge in [-0.1, -0.05) is 6.92 Å². The molecule has 2 rings (SSSR count). The van der Waals surface area contributed by atoms with E-state index in [1.54, 1.807) is 24.3 Å². The van der Waals surface area contributed by atoms with Crippen molar-refractivity contribution >= 4 is 17.6 Å². The molecular weight excluding hydrogens is 258 g/mol. The van der Waals surface area contributed by atoms with Gasteiger partial charge in [0.1, 0.15) is 11.2 Å². The minimum Gasteiger partial charge on any atom is -0.491 e. The highest BCUT2D eigenvalue weighted by Gasteiger charge is 2.57. The van der Waals surface area contributed by atoms with E-state index in [0.717, 1.165) is 12.2 Å². The second-order valence-electron chi connectivity index (χ2n) is 5.20. The van der Waals surface area contributed by atoms with Gasteiger partial charge in [0.25, 0.3) is 0 Å². The molecule has 1 unspecified atom stereocenters. The lowest BCUT2D eigenvalue weighted by atomic mass is 10.1. The fourth-order valence-electron chi connectivity index (χ4n) is 1.85. The quantitative estimate of drug-likeness (QED) is 0.784. The summed E-state index contributed by atoms with van der Waals surface area (Å²) in [6.07, 6.45) is 1.86. The van der Waals surface area contributed by atoms with Gasteiger partial charge in [0.2, 0.25) is 5.91 Å². The van der Waals surface area contributed by atoms with Crippen LogP contribution in [-0.2, 0) is 9.59 Å². The second-order valence-corrected chi connectivity index (χ2v) is 5.20. The Kier molecular flexibility index (Phi) is 3.97. The van der Waals surface area contributed by atoms with Crippen LogP contribution in [-0.4, -0.2) is 23.1 Å². The summed E-state index contributed by atoms with van der Waals surface area (Å²) in [6, 6.07) is 6.96. The summed E-state index contributed by atoms with van der Waals surface area (Å²) in [6.45, 7) is 4.03. The number of aliphatic carboxylic acids is 1. The van der Waals surface area contributed by atoms with Crippen molar-refractivity contribution in [3.8, 4) is 5.75 Å². The first-order valence-electron chi connectivity index (χ1n) is 6.79. The Morgan fingerprint density at radius 1 is 1.35 bits per heavy atom. The molecule has 5 nitrogen and oxygen atoms in total. The van der Waals surface area contributed by atoms with Crippen LogP contribution in [0, 0.1) is 5.41 Å². The van der Waals surface area contributed by atoms with E-state index in [4.69, 9.17) is 9.84 Å². The molecule has 1 aliphatic carbocycles. The molecule has 0 aromatic heterocycles. The summed E-state index contributed by atoms with van der Waals surface area (Å²) in [5.74, 6) is -0.760. The molecule has 1 saturated carbocycles. The molecule has 1 amide bonds. The zero-order chi connectivity index (χ0) is 14.8. The number of nitrogens with one attached hydrogen (secondary N) is 1. The largest absolute Gasteiger partial charge is 0.491 e. The molecule has 0 bridgehead atoms. The van der Waals surface area contributed by atoms with Crippen molar-refractivity contribution in [3.05, 3.63) is 24.3 Å². The van der Waals surface area contributed by atoms with Gasteiger partial charge in [0.05, 0.1) is 6.10 Å². The number of ether oxygens (including phenoxy) is 1. The number of hydrogen-bond donors (Lipinski definition) is 2. The van der Waals surface area contributed by atoms with Crippen molar-refractivity contribution in [2.75, 3.05) is 5.32 Å². The summed E-state index contributed by atoms with van der Waals surface area (Å²) < 4.78 is 5.63. The average molecular weight is 277 g/mol. The normalized spacial score (nSPS) is 17.1. The SMILES string of the molecule is CCC(C)Oc1ccc(NC(=O)C2(C(=O)O)CC2)cc1. The Balaban J connectivity index is 1.97.